The Morgan fingerprint density at radius 1 is 1.27 bits per heavy atom. The maximum atomic E-state index is 12.0. The number of carbonyl (C=O) groups is 2. The van der Waals surface area contributed by atoms with Gasteiger partial charge in [-0.25, -0.2) is 4.79 Å². The fourth-order valence-electron chi connectivity index (χ4n) is 1.82. The van der Waals surface area contributed by atoms with Gasteiger partial charge in [-0.1, -0.05) is 6.07 Å². The topological polar surface area (TPSA) is 77.8 Å². The molecule has 2 rings (SSSR count). The summed E-state index contributed by atoms with van der Waals surface area (Å²) < 4.78 is 15.2. The fraction of sp³-hybridized carbons (Fsp3) is 0.250. The van der Waals surface area contributed by atoms with Crippen molar-refractivity contribution in [2.45, 2.75) is 20.0 Å². The van der Waals surface area contributed by atoms with Crippen molar-refractivity contribution in [1.82, 2.24) is 0 Å². The molecule has 0 spiro atoms. The van der Waals surface area contributed by atoms with E-state index in [1.54, 1.807) is 38.3 Å². The third-order valence-corrected chi connectivity index (χ3v) is 3.07. The van der Waals surface area contributed by atoms with Gasteiger partial charge < -0.3 is 19.2 Å². The number of amides is 1. The number of aryl methyl sites for hydroxylation is 1. The van der Waals surface area contributed by atoms with Crippen LogP contribution in [0, 0.1) is 6.92 Å². The Bertz CT molecular complexity index is 677. The molecule has 22 heavy (non-hydrogen) atoms. The van der Waals surface area contributed by atoms with Gasteiger partial charge in [0, 0.05) is 11.8 Å². The Labute approximate surface area is 128 Å². The van der Waals surface area contributed by atoms with Crippen molar-refractivity contribution >= 4 is 17.6 Å². The molecule has 1 aromatic carbocycles. The van der Waals surface area contributed by atoms with E-state index in [-0.39, 0.29) is 0 Å². The highest BCUT2D eigenvalue weighted by Gasteiger charge is 2.21. The normalized spacial score (nSPS) is 11.6. The second-order valence-corrected chi connectivity index (χ2v) is 4.66. The minimum atomic E-state index is -0.937. The average Bonchev–Trinajstić information content (AvgIpc) is 2.93. The van der Waals surface area contributed by atoms with E-state index in [0.29, 0.717) is 22.8 Å². The van der Waals surface area contributed by atoms with Crippen LogP contribution in [0.4, 0.5) is 5.69 Å². The number of rotatable bonds is 5. The van der Waals surface area contributed by atoms with Crippen LogP contribution in [-0.4, -0.2) is 25.1 Å². The maximum absolute atomic E-state index is 12.0. The van der Waals surface area contributed by atoms with Gasteiger partial charge >= 0.3 is 5.97 Å². The first-order chi connectivity index (χ1) is 10.5. The predicted molar refractivity (Wildman–Crippen MR) is 79.9 cm³/mol. The van der Waals surface area contributed by atoms with Gasteiger partial charge in [0.05, 0.1) is 13.4 Å². The van der Waals surface area contributed by atoms with Gasteiger partial charge in [-0.05, 0) is 32.0 Å². The van der Waals surface area contributed by atoms with E-state index >= 15 is 0 Å². The third-order valence-electron chi connectivity index (χ3n) is 3.07. The third kappa shape index (κ3) is 3.66. The Morgan fingerprint density at radius 2 is 2.05 bits per heavy atom. The molecule has 0 saturated heterocycles. The first kappa shape index (κ1) is 15.6. The summed E-state index contributed by atoms with van der Waals surface area (Å²) >= 11 is 0. The number of carbonyl (C=O) groups excluding carboxylic acids is 2. The molecule has 1 atom stereocenters. The molecule has 1 aromatic heterocycles. The van der Waals surface area contributed by atoms with Crippen molar-refractivity contribution < 1.29 is 23.5 Å². The number of nitrogens with one attached hydrogen (secondary N) is 1. The maximum Gasteiger partial charge on any atom is 0.342 e. The molecule has 6 heteroatoms. The van der Waals surface area contributed by atoms with Crippen LogP contribution in [0.15, 0.2) is 41.0 Å². The van der Waals surface area contributed by atoms with Crippen molar-refractivity contribution in [1.29, 1.82) is 0 Å². The molecule has 0 radical (unpaired) electrons. The monoisotopic (exact) mass is 303 g/mol. The van der Waals surface area contributed by atoms with E-state index in [9.17, 15) is 9.59 Å². The van der Waals surface area contributed by atoms with Crippen LogP contribution in [0.2, 0.25) is 0 Å². The Balaban J connectivity index is 1.97. The molecule has 116 valence electrons. The van der Waals surface area contributed by atoms with E-state index in [1.165, 1.54) is 19.3 Å². The molecule has 1 amide bonds. The zero-order valence-electron chi connectivity index (χ0n) is 12.6. The molecule has 0 bridgehead atoms. The summed E-state index contributed by atoms with van der Waals surface area (Å²) in [4.78, 5) is 24.0. The SMILES string of the molecule is COc1cccc(NC(=O)[C@@H](C)OC(=O)c2ccoc2C)c1. The van der Waals surface area contributed by atoms with E-state index in [2.05, 4.69) is 5.32 Å². The van der Waals surface area contributed by atoms with E-state index < -0.39 is 18.0 Å². The molecule has 0 aliphatic carbocycles. The van der Waals surface area contributed by atoms with Crippen molar-refractivity contribution in [2.24, 2.45) is 0 Å². The number of hydrogen-bond acceptors (Lipinski definition) is 5. The van der Waals surface area contributed by atoms with Crippen LogP contribution in [0.25, 0.3) is 0 Å². The molecule has 0 saturated carbocycles. The second-order valence-electron chi connectivity index (χ2n) is 4.66. The molecule has 0 unspecified atom stereocenters. The molecule has 0 fully saturated rings. The predicted octanol–water partition coefficient (Wildman–Crippen LogP) is 2.78. The number of hydrogen-bond donors (Lipinski definition) is 1. The summed E-state index contributed by atoms with van der Waals surface area (Å²) in [6, 6.07) is 8.41. The number of anilines is 1. The molecule has 0 aliphatic heterocycles. The van der Waals surface area contributed by atoms with E-state index in [4.69, 9.17) is 13.9 Å². The van der Waals surface area contributed by atoms with Crippen LogP contribution >= 0.6 is 0 Å². The quantitative estimate of drug-likeness (QED) is 0.859. The van der Waals surface area contributed by atoms with Crippen LogP contribution in [0.5, 0.6) is 5.75 Å². The number of benzene rings is 1. The lowest BCUT2D eigenvalue weighted by Crippen LogP contribution is -2.30. The van der Waals surface area contributed by atoms with Crippen molar-refractivity contribution in [3.63, 3.8) is 0 Å². The molecular formula is C16H17NO5. The molecule has 0 aliphatic rings. The molecule has 1 heterocycles. The molecule has 6 nitrogen and oxygen atoms in total. The number of ether oxygens (including phenoxy) is 2. The number of furan rings is 1. The number of methoxy groups -OCH3 is 1. The van der Waals surface area contributed by atoms with Gasteiger partial charge in [-0.3, -0.25) is 4.79 Å². The zero-order valence-corrected chi connectivity index (χ0v) is 12.6. The summed E-state index contributed by atoms with van der Waals surface area (Å²) in [6.07, 6.45) is 0.459. The van der Waals surface area contributed by atoms with Crippen LogP contribution in [0.3, 0.4) is 0 Å². The highest BCUT2D eigenvalue weighted by molar-refractivity contribution is 5.97. The lowest BCUT2D eigenvalue weighted by Gasteiger charge is -2.13. The van der Waals surface area contributed by atoms with Gasteiger partial charge in [0.15, 0.2) is 6.10 Å². The minimum absolute atomic E-state index is 0.307. The van der Waals surface area contributed by atoms with Gasteiger partial charge in [-0.2, -0.15) is 0 Å². The second kappa shape index (κ2) is 6.80. The van der Waals surface area contributed by atoms with Crippen LogP contribution in [0.1, 0.15) is 23.0 Å². The average molecular weight is 303 g/mol. The van der Waals surface area contributed by atoms with Crippen molar-refractivity contribution in [3.8, 4) is 5.75 Å². The van der Waals surface area contributed by atoms with Crippen molar-refractivity contribution in [3.05, 3.63) is 47.9 Å². The van der Waals surface area contributed by atoms with Crippen LogP contribution in [-0.2, 0) is 9.53 Å². The van der Waals surface area contributed by atoms with Gasteiger partial charge in [0.25, 0.3) is 5.91 Å². The number of esters is 1. The smallest absolute Gasteiger partial charge is 0.342 e. The zero-order chi connectivity index (χ0) is 16.1. The van der Waals surface area contributed by atoms with E-state index in [1.807, 2.05) is 0 Å². The summed E-state index contributed by atoms with van der Waals surface area (Å²) in [5.74, 6) is 0.0455. The molecule has 2 aromatic rings. The molecular weight excluding hydrogens is 286 g/mol. The first-order valence-electron chi connectivity index (χ1n) is 6.71. The van der Waals surface area contributed by atoms with E-state index in [0.717, 1.165) is 0 Å². The molecule has 1 N–H and O–H groups in total. The fourth-order valence-corrected chi connectivity index (χ4v) is 1.82. The standard InChI is InChI=1S/C16H17NO5/c1-10-14(7-8-21-10)16(19)22-11(2)15(18)17-12-5-4-6-13(9-12)20-3/h4-9,11H,1-3H3,(H,17,18)/t11-/m1/s1. The summed E-state index contributed by atoms with van der Waals surface area (Å²) in [5.41, 5.74) is 0.868. The lowest BCUT2D eigenvalue weighted by molar-refractivity contribution is -0.123. The summed E-state index contributed by atoms with van der Waals surface area (Å²) in [5, 5.41) is 2.66. The summed E-state index contributed by atoms with van der Waals surface area (Å²) in [6.45, 7) is 3.15. The highest BCUT2D eigenvalue weighted by Crippen LogP contribution is 2.17. The van der Waals surface area contributed by atoms with Crippen LogP contribution < -0.4 is 10.1 Å². The Hall–Kier alpha value is -2.76. The Morgan fingerprint density at radius 3 is 2.68 bits per heavy atom. The largest absolute Gasteiger partial charge is 0.497 e. The van der Waals surface area contributed by atoms with Gasteiger partial charge in [0.2, 0.25) is 0 Å². The Kier molecular flexibility index (Phi) is 4.83. The first-order valence-corrected chi connectivity index (χ1v) is 6.71. The minimum Gasteiger partial charge on any atom is -0.497 e. The van der Waals surface area contributed by atoms with Gasteiger partial charge in [-0.15, -0.1) is 0 Å². The van der Waals surface area contributed by atoms with Gasteiger partial charge in [0.1, 0.15) is 17.1 Å². The van der Waals surface area contributed by atoms with Crippen molar-refractivity contribution in [2.75, 3.05) is 12.4 Å². The summed E-state index contributed by atoms with van der Waals surface area (Å²) in [7, 11) is 1.54. The lowest BCUT2D eigenvalue weighted by atomic mass is 10.2. The highest BCUT2D eigenvalue weighted by atomic mass is 16.5.